The molecule has 260 valence electrons. The monoisotopic (exact) mass is 712 g/mol. The van der Waals surface area contributed by atoms with E-state index in [-0.39, 0.29) is 0 Å². The van der Waals surface area contributed by atoms with Crippen LogP contribution in [0.2, 0.25) is 0 Å². The molecule has 56 heavy (non-hydrogen) atoms. The van der Waals surface area contributed by atoms with E-state index in [1.54, 1.807) is 0 Å². The first-order chi connectivity index (χ1) is 27.8. The number of para-hydroxylation sites is 1. The van der Waals surface area contributed by atoms with E-state index in [2.05, 4.69) is 182 Å². The van der Waals surface area contributed by atoms with Crippen LogP contribution in [0.25, 0.3) is 121 Å². The summed E-state index contributed by atoms with van der Waals surface area (Å²) in [5.41, 5.74) is 13.2. The fraction of sp³-hybridized carbons (Fsp3) is 0. The van der Waals surface area contributed by atoms with Crippen LogP contribution in [0.15, 0.2) is 203 Å². The maximum Gasteiger partial charge on any atom is 0.143 e. The second kappa shape index (κ2) is 12.0. The molecular weight excluding hydrogens is 681 g/mol. The molecular formula is C54H32O2. The van der Waals surface area contributed by atoms with Gasteiger partial charge in [0.1, 0.15) is 22.3 Å². The molecule has 0 saturated carbocycles. The highest BCUT2D eigenvalue weighted by Crippen LogP contribution is 2.46. The van der Waals surface area contributed by atoms with Crippen molar-refractivity contribution in [3.05, 3.63) is 194 Å². The lowest BCUT2D eigenvalue weighted by Crippen LogP contribution is -1.91. The molecule has 12 aromatic rings. The van der Waals surface area contributed by atoms with Gasteiger partial charge in [0.2, 0.25) is 0 Å². The zero-order chi connectivity index (χ0) is 36.7. The first-order valence-corrected chi connectivity index (χ1v) is 19.2. The minimum atomic E-state index is 0.904. The Hall–Kier alpha value is -7.42. The average molecular weight is 713 g/mol. The van der Waals surface area contributed by atoms with Crippen molar-refractivity contribution >= 4 is 76.2 Å². The minimum Gasteiger partial charge on any atom is -0.456 e. The van der Waals surface area contributed by atoms with Crippen LogP contribution in [0.5, 0.6) is 0 Å². The molecule has 0 radical (unpaired) electrons. The summed E-state index contributed by atoms with van der Waals surface area (Å²) < 4.78 is 12.7. The third kappa shape index (κ3) is 4.63. The van der Waals surface area contributed by atoms with Crippen LogP contribution in [0.1, 0.15) is 0 Å². The number of hydrogen-bond donors (Lipinski definition) is 0. The van der Waals surface area contributed by atoms with Crippen LogP contribution in [-0.2, 0) is 0 Å². The summed E-state index contributed by atoms with van der Waals surface area (Å²) in [4.78, 5) is 0. The molecule has 12 rings (SSSR count). The van der Waals surface area contributed by atoms with E-state index in [9.17, 15) is 0 Å². The Bertz CT molecular complexity index is 3470. The van der Waals surface area contributed by atoms with Gasteiger partial charge in [-0.2, -0.15) is 0 Å². The molecule has 2 heteroatoms. The lowest BCUT2D eigenvalue weighted by atomic mass is 9.85. The van der Waals surface area contributed by atoms with Crippen molar-refractivity contribution in [2.45, 2.75) is 0 Å². The Kier molecular flexibility index (Phi) is 6.66. The van der Waals surface area contributed by atoms with Crippen molar-refractivity contribution in [1.29, 1.82) is 0 Å². The Morgan fingerprint density at radius 2 is 0.839 bits per heavy atom. The van der Waals surface area contributed by atoms with E-state index >= 15 is 0 Å². The molecule has 0 aliphatic rings. The number of benzene rings is 10. The van der Waals surface area contributed by atoms with Gasteiger partial charge in [-0.05, 0) is 108 Å². The second-order valence-electron chi connectivity index (χ2n) is 14.8. The number of hydrogen-bond acceptors (Lipinski definition) is 2. The normalized spacial score (nSPS) is 11.9. The number of furan rings is 2. The average Bonchev–Trinajstić information content (AvgIpc) is 3.84. The highest BCUT2D eigenvalue weighted by atomic mass is 16.3. The maximum absolute atomic E-state index is 6.57. The van der Waals surface area contributed by atoms with E-state index in [4.69, 9.17) is 8.83 Å². The van der Waals surface area contributed by atoms with Gasteiger partial charge < -0.3 is 8.83 Å². The summed E-state index contributed by atoms with van der Waals surface area (Å²) in [7, 11) is 0. The predicted molar refractivity (Wildman–Crippen MR) is 235 cm³/mol. The van der Waals surface area contributed by atoms with Crippen LogP contribution < -0.4 is 0 Å². The fourth-order valence-corrected chi connectivity index (χ4v) is 9.12. The molecule has 0 spiro atoms. The van der Waals surface area contributed by atoms with Crippen molar-refractivity contribution in [3.63, 3.8) is 0 Å². The van der Waals surface area contributed by atoms with E-state index in [0.717, 1.165) is 49.3 Å². The Morgan fingerprint density at radius 1 is 0.268 bits per heavy atom. The van der Waals surface area contributed by atoms with Gasteiger partial charge in [-0.3, -0.25) is 0 Å². The highest BCUT2D eigenvalue weighted by Gasteiger charge is 2.19. The van der Waals surface area contributed by atoms with Gasteiger partial charge in [0, 0.05) is 26.9 Å². The molecule has 10 aromatic carbocycles. The van der Waals surface area contributed by atoms with Crippen molar-refractivity contribution < 1.29 is 8.83 Å². The van der Waals surface area contributed by atoms with Gasteiger partial charge in [0.25, 0.3) is 0 Å². The molecule has 2 heterocycles. The topological polar surface area (TPSA) is 26.3 Å². The number of rotatable bonds is 4. The Labute approximate surface area is 322 Å². The molecule has 0 saturated heterocycles. The molecule has 0 unspecified atom stereocenters. The van der Waals surface area contributed by atoms with E-state index < -0.39 is 0 Å². The summed E-state index contributed by atoms with van der Waals surface area (Å²) in [6.45, 7) is 0. The summed E-state index contributed by atoms with van der Waals surface area (Å²) in [6.07, 6.45) is 0. The summed E-state index contributed by atoms with van der Waals surface area (Å²) >= 11 is 0. The van der Waals surface area contributed by atoms with E-state index in [1.165, 1.54) is 71.4 Å². The SMILES string of the molecule is c1cc(-c2c3ccccc3c(-c3ccc(-c4ccc5oc6ccccc6c5c4)cc3)c3ccccc23)cc(-c2cccc3oc4c5ccccc5ccc4c23)c1. The molecule has 0 aliphatic carbocycles. The van der Waals surface area contributed by atoms with Crippen molar-refractivity contribution in [2.75, 3.05) is 0 Å². The molecule has 2 aromatic heterocycles. The molecule has 0 amide bonds. The maximum atomic E-state index is 6.57. The van der Waals surface area contributed by atoms with Crippen LogP contribution in [0.3, 0.4) is 0 Å². The van der Waals surface area contributed by atoms with Crippen molar-refractivity contribution in [2.24, 2.45) is 0 Å². The standard InChI is InChI=1S/C54H32O2/c1-2-14-40-34(11-1)27-29-46-53-39(20-10-22-50(53)56-54(40)46)37-12-9-13-38(31-37)52-44-18-5-3-16-42(44)51(43-17-4-6-19-45(43)52)35-25-23-33(24-26-35)36-28-30-49-47(32-36)41-15-7-8-21-48(41)55-49/h1-32H. The summed E-state index contributed by atoms with van der Waals surface area (Å²) in [6, 6.07) is 69.9. The van der Waals surface area contributed by atoms with Gasteiger partial charge in [-0.15, -0.1) is 0 Å². The summed E-state index contributed by atoms with van der Waals surface area (Å²) in [5, 5.41) is 11.8. The third-order valence-electron chi connectivity index (χ3n) is 11.7. The molecule has 0 bridgehead atoms. The molecule has 0 aliphatic heterocycles. The zero-order valence-electron chi connectivity index (χ0n) is 30.3. The van der Waals surface area contributed by atoms with Crippen molar-refractivity contribution in [1.82, 2.24) is 0 Å². The smallest absolute Gasteiger partial charge is 0.143 e. The third-order valence-corrected chi connectivity index (χ3v) is 11.7. The van der Waals surface area contributed by atoms with Gasteiger partial charge in [0.15, 0.2) is 0 Å². The van der Waals surface area contributed by atoms with Gasteiger partial charge in [0.05, 0.1) is 0 Å². The van der Waals surface area contributed by atoms with Crippen LogP contribution >= 0.6 is 0 Å². The van der Waals surface area contributed by atoms with Gasteiger partial charge in [-0.1, -0.05) is 158 Å². The largest absolute Gasteiger partial charge is 0.456 e. The second-order valence-corrected chi connectivity index (χ2v) is 14.8. The Balaban J connectivity index is 1.01. The summed E-state index contributed by atoms with van der Waals surface area (Å²) in [5.74, 6) is 0. The van der Waals surface area contributed by atoms with Crippen LogP contribution in [-0.4, -0.2) is 0 Å². The molecule has 2 nitrogen and oxygen atoms in total. The van der Waals surface area contributed by atoms with Crippen molar-refractivity contribution in [3.8, 4) is 44.5 Å². The van der Waals surface area contributed by atoms with Crippen LogP contribution in [0, 0.1) is 0 Å². The first-order valence-electron chi connectivity index (χ1n) is 19.2. The molecule has 0 fully saturated rings. The highest BCUT2D eigenvalue weighted by molar-refractivity contribution is 6.22. The quantitative estimate of drug-likeness (QED) is 0.170. The predicted octanol–water partition coefficient (Wildman–Crippen LogP) is 15.6. The zero-order valence-corrected chi connectivity index (χ0v) is 30.3. The van der Waals surface area contributed by atoms with Gasteiger partial charge in [-0.25, -0.2) is 0 Å². The Morgan fingerprint density at radius 3 is 1.61 bits per heavy atom. The first kappa shape index (κ1) is 31.0. The van der Waals surface area contributed by atoms with Gasteiger partial charge >= 0.3 is 0 Å². The van der Waals surface area contributed by atoms with E-state index in [0.29, 0.717) is 0 Å². The molecule has 0 N–H and O–H groups in total. The van der Waals surface area contributed by atoms with E-state index in [1.807, 2.05) is 12.1 Å². The van der Waals surface area contributed by atoms with Crippen LogP contribution in [0.4, 0.5) is 0 Å². The number of fused-ring (bicyclic) bond motifs is 10. The fourth-order valence-electron chi connectivity index (χ4n) is 9.12. The lowest BCUT2D eigenvalue weighted by Gasteiger charge is -2.18. The minimum absolute atomic E-state index is 0.904. The lowest BCUT2D eigenvalue weighted by molar-refractivity contribution is 0.669. The molecule has 0 atom stereocenters.